The quantitative estimate of drug-likeness (QED) is 0.161. The Kier molecular flexibility index (Phi) is 12.6. The first-order chi connectivity index (χ1) is 20.9. The van der Waals surface area contributed by atoms with E-state index in [4.69, 9.17) is 19.7 Å². The summed E-state index contributed by atoms with van der Waals surface area (Å²) >= 11 is 0. The molecule has 3 rings (SSSR count). The smallest absolute Gasteiger partial charge is 0.317 e. The number of rotatable bonds is 17. The fourth-order valence-corrected chi connectivity index (χ4v) is 8.23. The second kappa shape index (κ2) is 15.7. The first-order valence-electron chi connectivity index (χ1n) is 15.3. The first-order valence-corrected chi connectivity index (χ1v) is 17.0. The molecule has 1 aliphatic heterocycles. The zero-order valence-electron chi connectivity index (χ0n) is 26.2. The highest BCUT2D eigenvalue weighted by atomic mass is 32.2. The molecule has 2 aromatic carbocycles. The molecule has 10 nitrogen and oxygen atoms in total. The average Bonchev–Trinajstić information content (AvgIpc) is 3.04. The Morgan fingerprint density at radius 3 is 2.11 bits per heavy atom. The maximum Gasteiger partial charge on any atom is 0.317 e. The molecule has 2 atom stereocenters. The molecule has 1 heterocycles. The average molecular weight is 634 g/mol. The van der Waals surface area contributed by atoms with E-state index in [9.17, 15) is 23.1 Å². The number of anilines is 1. The highest BCUT2D eigenvalue weighted by Crippen LogP contribution is 2.50. The van der Waals surface area contributed by atoms with Gasteiger partial charge in [0.25, 0.3) is 0 Å². The van der Waals surface area contributed by atoms with Gasteiger partial charge in [-0.15, -0.1) is 0 Å². The van der Waals surface area contributed by atoms with E-state index in [2.05, 4.69) is 13.8 Å². The number of carbonyl (C=O) groups is 2. The normalized spacial score (nSPS) is 18.8. The summed E-state index contributed by atoms with van der Waals surface area (Å²) in [6.45, 7) is 4.44. The summed E-state index contributed by atoms with van der Waals surface area (Å²) in [5, 5.41) is 30.2. The summed E-state index contributed by atoms with van der Waals surface area (Å²) < 4.78 is 39.1. The van der Waals surface area contributed by atoms with Crippen LogP contribution in [-0.2, 0) is 24.2 Å². The van der Waals surface area contributed by atoms with Gasteiger partial charge in [-0.1, -0.05) is 51.7 Å². The topological polar surface area (TPSA) is 151 Å². The summed E-state index contributed by atoms with van der Waals surface area (Å²) in [5.74, 6) is -4.42. The minimum Gasteiger partial charge on any atom is -0.491 e. The van der Waals surface area contributed by atoms with Crippen molar-refractivity contribution in [2.45, 2.75) is 75.7 Å². The molecule has 244 valence electrons. The van der Waals surface area contributed by atoms with Crippen molar-refractivity contribution in [3.63, 3.8) is 0 Å². The SMILES string of the molecule is CCCCC1(CCCC)CS(=O)(=O)c2ccc(N(C)C)cc2[C@@H](c2ccc(OCCOCCC(C(=O)O)C(=O)O)cc2)C1O. The van der Waals surface area contributed by atoms with Crippen LogP contribution in [0.2, 0.25) is 0 Å². The van der Waals surface area contributed by atoms with Gasteiger partial charge in [0.15, 0.2) is 15.8 Å². The Morgan fingerprint density at radius 2 is 1.57 bits per heavy atom. The number of fused-ring (bicyclic) bond motifs is 1. The third-order valence-corrected chi connectivity index (χ3v) is 10.5. The summed E-state index contributed by atoms with van der Waals surface area (Å²) in [6, 6.07) is 12.7. The lowest BCUT2D eigenvalue weighted by molar-refractivity contribution is -0.155. The minimum atomic E-state index is -3.69. The standard InChI is InChI=1S/C33H47NO9S/c1-5-7-16-33(17-8-6-2)22-44(40,41)28-14-11-24(34(3)4)21-27(28)29(30(33)35)23-9-12-25(13-10-23)43-20-19-42-18-15-26(31(36)37)32(38)39/h9-14,21,26,29-30,35H,5-8,15-20,22H2,1-4H3,(H,36,37)(H,38,39)/t29-,30?/m1/s1. The molecule has 1 unspecified atom stereocenters. The predicted molar refractivity (Wildman–Crippen MR) is 168 cm³/mol. The summed E-state index contributed by atoms with van der Waals surface area (Å²) in [5.41, 5.74) is 1.45. The third-order valence-electron chi connectivity index (χ3n) is 8.54. The van der Waals surface area contributed by atoms with Crippen LogP contribution in [0, 0.1) is 11.3 Å². The van der Waals surface area contributed by atoms with Crippen LogP contribution in [0.1, 0.15) is 75.8 Å². The van der Waals surface area contributed by atoms with Crippen LogP contribution in [-0.4, -0.2) is 81.4 Å². The Bertz CT molecular complexity index is 1340. The first kappa shape index (κ1) is 35.3. The fourth-order valence-electron chi connectivity index (χ4n) is 6.04. The molecule has 0 saturated carbocycles. The number of aliphatic hydroxyl groups excluding tert-OH is 1. The molecule has 0 fully saturated rings. The van der Waals surface area contributed by atoms with Crippen LogP contribution in [0.3, 0.4) is 0 Å². The molecule has 0 radical (unpaired) electrons. The van der Waals surface area contributed by atoms with Gasteiger partial charge >= 0.3 is 11.9 Å². The van der Waals surface area contributed by atoms with Crippen molar-refractivity contribution >= 4 is 27.5 Å². The van der Waals surface area contributed by atoms with E-state index < -0.39 is 45.1 Å². The minimum absolute atomic E-state index is 0.0276. The monoisotopic (exact) mass is 633 g/mol. The molecule has 0 saturated heterocycles. The second-order valence-corrected chi connectivity index (χ2v) is 13.9. The number of hydrogen-bond acceptors (Lipinski definition) is 8. The van der Waals surface area contributed by atoms with Crippen molar-refractivity contribution in [1.29, 1.82) is 0 Å². The zero-order chi connectivity index (χ0) is 32.5. The van der Waals surface area contributed by atoms with Gasteiger partial charge in [-0.3, -0.25) is 9.59 Å². The van der Waals surface area contributed by atoms with Gasteiger partial charge in [-0.25, -0.2) is 8.42 Å². The van der Waals surface area contributed by atoms with Crippen LogP contribution < -0.4 is 9.64 Å². The summed E-state index contributed by atoms with van der Waals surface area (Å²) in [7, 11) is 0.112. The Hall–Kier alpha value is -3.15. The van der Waals surface area contributed by atoms with E-state index >= 15 is 0 Å². The summed E-state index contributed by atoms with van der Waals surface area (Å²) in [6.07, 6.45) is 3.63. The Balaban J connectivity index is 1.89. The van der Waals surface area contributed by atoms with Crippen LogP contribution in [0.4, 0.5) is 5.69 Å². The number of carboxylic acid groups (broad SMARTS) is 2. The highest BCUT2D eigenvalue weighted by molar-refractivity contribution is 7.91. The van der Waals surface area contributed by atoms with Crippen LogP contribution >= 0.6 is 0 Å². The Morgan fingerprint density at radius 1 is 0.955 bits per heavy atom. The van der Waals surface area contributed by atoms with E-state index in [0.717, 1.165) is 36.9 Å². The zero-order valence-corrected chi connectivity index (χ0v) is 27.0. The highest BCUT2D eigenvalue weighted by Gasteiger charge is 2.49. The van der Waals surface area contributed by atoms with Gasteiger partial charge in [0.2, 0.25) is 0 Å². The maximum atomic E-state index is 14.0. The van der Waals surface area contributed by atoms with Gasteiger partial charge in [0.05, 0.1) is 23.4 Å². The molecule has 44 heavy (non-hydrogen) atoms. The molecule has 0 aliphatic carbocycles. The molecule has 1 aliphatic rings. The van der Waals surface area contributed by atoms with Crippen LogP contribution in [0.15, 0.2) is 47.4 Å². The van der Waals surface area contributed by atoms with Crippen molar-refractivity contribution in [2.75, 3.05) is 44.6 Å². The fraction of sp³-hybridized carbons (Fsp3) is 0.576. The number of unbranched alkanes of at least 4 members (excludes halogenated alkanes) is 2. The number of nitrogens with zero attached hydrogens (tertiary/aromatic N) is 1. The van der Waals surface area contributed by atoms with Gasteiger partial charge < -0.3 is 29.7 Å². The van der Waals surface area contributed by atoms with E-state index in [1.807, 2.05) is 43.3 Å². The van der Waals surface area contributed by atoms with Crippen LogP contribution in [0.5, 0.6) is 5.75 Å². The largest absolute Gasteiger partial charge is 0.491 e. The number of aliphatic carboxylic acids is 2. The van der Waals surface area contributed by atoms with Gasteiger partial charge in [-0.05, 0) is 60.7 Å². The number of hydrogen-bond donors (Lipinski definition) is 3. The van der Waals surface area contributed by atoms with Crippen molar-refractivity contribution in [1.82, 2.24) is 0 Å². The number of sulfone groups is 1. The van der Waals surface area contributed by atoms with E-state index in [0.29, 0.717) is 24.2 Å². The van der Waals surface area contributed by atoms with Crippen LogP contribution in [0.25, 0.3) is 0 Å². The molecule has 0 amide bonds. The van der Waals surface area contributed by atoms with Gasteiger partial charge in [0.1, 0.15) is 12.4 Å². The number of ether oxygens (including phenoxy) is 2. The number of benzene rings is 2. The molecular weight excluding hydrogens is 586 g/mol. The summed E-state index contributed by atoms with van der Waals surface area (Å²) in [4.78, 5) is 24.2. The van der Waals surface area contributed by atoms with Gasteiger partial charge in [0, 0.05) is 37.7 Å². The van der Waals surface area contributed by atoms with Gasteiger partial charge in [-0.2, -0.15) is 0 Å². The number of aliphatic hydroxyl groups is 1. The molecular formula is C33H47NO9S. The van der Waals surface area contributed by atoms with E-state index in [1.54, 1.807) is 18.2 Å². The predicted octanol–water partition coefficient (Wildman–Crippen LogP) is 4.97. The molecule has 0 bridgehead atoms. The molecule has 11 heteroatoms. The molecule has 0 aromatic heterocycles. The van der Waals surface area contributed by atoms with Crippen molar-refractivity contribution < 1.29 is 42.8 Å². The van der Waals surface area contributed by atoms with E-state index in [1.165, 1.54) is 0 Å². The molecule has 3 N–H and O–H groups in total. The Labute approximate surface area is 260 Å². The number of carboxylic acids is 2. The maximum absolute atomic E-state index is 14.0. The molecule has 2 aromatic rings. The lowest BCUT2D eigenvalue weighted by Gasteiger charge is -2.40. The van der Waals surface area contributed by atoms with E-state index in [-0.39, 0.29) is 36.9 Å². The third kappa shape index (κ3) is 8.51. The molecule has 0 spiro atoms. The van der Waals surface area contributed by atoms with Crippen molar-refractivity contribution in [2.24, 2.45) is 11.3 Å². The lowest BCUT2D eigenvalue weighted by atomic mass is 9.68. The lowest BCUT2D eigenvalue weighted by Crippen LogP contribution is -2.43. The van der Waals surface area contributed by atoms with Crippen molar-refractivity contribution in [3.8, 4) is 5.75 Å². The van der Waals surface area contributed by atoms with Crippen molar-refractivity contribution in [3.05, 3.63) is 53.6 Å². The second-order valence-electron chi connectivity index (χ2n) is 11.9.